The Morgan fingerprint density at radius 3 is 2.70 bits per heavy atom. The molecule has 1 saturated heterocycles. The Morgan fingerprint density at radius 2 is 2.04 bits per heavy atom. The van der Waals surface area contributed by atoms with E-state index in [1.807, 2.05) is 24.3 Å². The monoisotopic (exact) mass is 368 g/mol. The van der Waals surface area contributed by atoms with Gasteiger partial charge in [-0.2, -0.15) is 0 Å². The first-order valence-electron chi connectivity index (χ1n) is 9.17. The second kappa shape index (κ2) is 8.73. The van der Waals surface area contributed by atoms with Gasteiger partial charge in [-0.3, -0.25) is 19.9 Å². The maximum atomic E-state index is 12.9. The molecule has 1 aromatic heterocycles. The SMILES string of the molecule is CN(C(=O)Cc1ccccn1)[C@H](CN1CCCC1)c1cccc([N+](=O)[O-])c1. The molecule has 0 aliphatic carbocycles. The average molecular weight is 368 g/mol. The first-order valence-corrected chi connectivity index (χ1v) is 9.17. The molecule has 1 aliphatic heterocycles. The molecule has 0 spiro atoms. The van der Waals surface area contributed by atoms with Gasteiger partial charge in [0.2, 0.25) is 5.91 Å². The molecule has 0 saturated carbocycles. The van der Waals surface area contributed by atoms with E-state index in [1.165, 1.54) is 6.07 Å². The fourth-order valence-electron chi connectivity index (χ4n) is 3.46. The molecule has 1 atom stereocenters. The summed E-state index contributed by atoms with van der Waals surface area (Å²) in [7, 11) is 1.77. The van der Waals surface area contributed by atoms with Gasteiger partial charge in [0.05, 0.1) is 17.4 Å². The summed E-state index contributed by atoms with van der Waals surface area (Å²) in [5.74, 6) is -0.0515. The first kappa shape index (κ1) is 19.0. The van der Waals surface area contributed by atoms with Crippen molar-refractivity contribution in [1.29, 1.82) is 0 Å². The lowest BCUT2D eigenvalue weighted by Gasteiger charge is -2.32. The van der Waals surface area contributed by atoms with Gasteiger partial charge >= 0.3 is 0 Å². The van der Waals surface area contributed by atoms with Crippen molar-refractivity contribution in [1.82, 2.24) is 14.8 Å². The Balaban J connectivity index is 1.83. The van der Waals surface area contributed by atoms with Gasteiger partial charge < -0.3 is 9.80 Å². The molecular formula is C20H24N4O3. The molecule has 2 aromatic rings. The van der Waals surface area contributed by atoms with E-state index in [4.69, 9.17) is 0 Å². The molecule has 1 aromatic carbocycles. The fraction of sp³-hybridized carbons (Fsp3) is 0.400. The predicted molar refractivity (Wildman–Crippen MR) is 102 cm³/mol. The molecule has 0 radical (unpaired) electrons. The van der Waals surface area contributed by atoms with Crippen molar-refractivity contribution in [2.75, 3.05) is 26.7 Å². The van der Waals surface area contributed by atoms with Crippen molar-refractivity contribution in [3.63, 3.8) is 0 Å². The van der Waals surface area contributed by atoms with Crippen LogP contribution in [0.25, 0.3) is 0 Å². The van der Waals surface area contributed by atoms with E-state index in [9.17, 15) is 14.9 Å². The van der Waals surface area contributed by atoms with Crippen LogP contribution in [-0.4, -0.2) is 52.3 Å². The zero-order chi connectivity index (χ0) is 19.2. The molecular weight excluding hydrogens is 344 g/mol. The summed E-state index contributed by atoms with van der Waals surface area (Å²) in [6.45, 7) is 2.66. The van der Waals surface area contributed by atoms with Gasteiger partial charge in [-0.1, -0.05) is 18.2 Å². The van der Waals surface area contributed by atoms with Gasteiger partial charge in [-0.05, 0) is 43.6 Å². The number of hydrogen-bond donors (Lipinski definition) is 0. The quantitative estimate of drug-likeness (QED) is 0.555. The number of rotatable bonds is 7. The minimum absolute atomic E-state index is 0.0458. The van der Waals surface area contributed by atoms with Gasteiger partial charge in [0.1, 0.15) is 0 Å². The zero-order valence-electron chi connectivity index (χ0n) is 15.5. The summed E-state index contributed by atoms with van der Waals surface area (Å²) in [5, 5.41) is 11.2. The minimum Gasteiger partial charge on any atom is -0.337 e. The molecule has 27 heavy (non-hydrogen) atoms. The molecule has 0 N–H and O–H groups in total. The van der Waals surface area contributed by atoms with Gasteiger partial charge in [0.25, 0.3) is 5.69 Å². The Bertz CT molecular complexity index is 791. The van der Waals surface area contributed by atoms with Crippen LogP contribution in [0, 0.1) is 10.1 Å². The van der Waals surface area contributed by atoms with Gasteiger partial charge in [-0.25, -0.2) is 0 Å². The number of amides is 1. The number of aromatic nitrogens is 1. The molecule has 1 aliphatic rings. The van der Waals surface area contributed by atoms with Crippen molar-refractivity contribution < 1.29 is 9.72 Å². The van der Waals surface area contributed by atoms with Crippen molar-refractivity contribution in [3.05, 3.63) is 70.0 Å². The Hall–Kier alpha value is -2.80. The van der Waals surface area contributed by atoms with Gasteiger partial charge in [0.15, 0.2) is 0 Å². The van der Waals surface area contributed by atoms with Crippen molar-refractivity contribution in [2.45, 2.75) is 25.3 Å². The van der Waals surface area contributed by atoms with Crippen molar-refractivity contribution >= 4 is 11.6 Å². The summed E-state index contributed by atoms with van der Waals surface area (Å²) in [6, 6.07) is 11.9. The Morgan fingerprint density at radius 1 is 1.26 bits per heavy atom. The topological polar surface area (TPSA) is 79.6 Å². The summed E-state index contributed by atoms with van der Waals surface area (Å²) in [4.78, 5) is 31.9. The first-order chi connectivity index (χ1) is 13.0. The number of carbonyl (C=O) groups excluding carboxylic acids is 1. The van der Waals surface area contributed by atoms with E-state index < -0.39 is 4.92 Å². The number of non-ortho nitro benzene ring substituents is 1. The van der Waals surface area contributed by atoms with Crippen LogP contribution in [0.1, 0.15) is 30.1 Å². The van der Waals surface area contributed by atoms with E-state index in [1.54, 1.807) is 30.3 Å². The van der Waals surface area contributed by atoms with Crippen LogP contribution in [0.5, 0.6) is 0 Å². The molecule has 0 bridgehead atoms. The molecule has 1 amide bonds. The van der Waals surface area contributed by atoms with Gasteiger partial charge in [-0.15, -0.1) is 0 Å². The number of nitro groups is 1. The lowest BCUT2D eigenvalue weighted by Crippen LogP contribution is -2.39. The van der Waals surface area contributed by atoms with Crippen LogP contribution >= 0.6 is 0 Å². The van der Waals surface area contributed by atoms with E-state index in [-0.39, 0.29) is 24.1 Å². The average Bonchev–Trinajstić information content (AvgIpc) is 3.19. The number of likely N-dealkylation sites (tertiary alicyclic amines) is 1. The van der Waals surface area contributed by atoms with E-state index in [0.29, 0.717) is 12.2 Å². The standard InChI is InChI=1S/C20H24N4O3/c1-22(20(25)14-17-8-2-3-10-21-17)19(15-23-11-4-5-12-23)16-7-6-9-18(13-16)24(26)27/h2-3,6-10,13,19H,4-5,11-12,14-15H2,1H3/t19-/m1/s1. The highest BCUT2D eigenvalue weighted by atomic mass is 16.6. The highest BCUT2D eigenvalue weighted by molar-refractivity contribution is 5.78. The third-order valence-electron chi connectivity index (χ3n) is 5.02. The normalized spacial score (nSPS) is 15.4. The van der Waals surface area contributed by atoms with Crippen LogP contribution < -0.4 is 0 Å². The summed E-state index contributed by atoms with van der Waals surface area (Å²) >= 11 is 0. The number of benzene rings is 1. The highest BCUT2D eigenvalue weighted by Crippen LogP contribution is 2.26. The van der Waals surface area contributed by atoms with Crippen LogP contribution in [-0.2, 0) is 11.2 Å². The summed E-state index contributed by atoms with van der Waals surface area (Å²) < 4.78 is 0. The smallest absolute Gasteiger partial charge is 0.269 e. The predicted octanol–water partition coefficient (Wildman–Crippen LogP) is 2.83. The summed E-state index contributed by atoms with van der Waals surface area (Å²) in [5.41, 5.74) is 1.55. The lowest BCUT2D eigenvalue weighted by atomic mass is 10.0. The van der Waals surface area contributed by atoms with Crippen LogP contribution in [0.3, 0.4) is 0 Å². The third-order valence-corrected chi connectivity index (χ3v) is 5.02. The lowest BCUT2D eigenvalue weighted by molar-refractivity contribution is -0.385. The van der Waals surface area contributed by atoms with Crippen molar-refractivity contribution in [3.8, 4) is 0 Å². The zero-order valence-corrected chi connectivity index (χ0v) is 15.5. The Kier molecular flexibility index (Phi) is 6.13. The number of likely N-dealkylation sites (N-methyl/N-ethyl adjacent to an activating group) is 1. The Labute approximate surface area is 158 Å². The summed E-state index contributed by atoms with van der Waals surface area (Å²) in [6.07, 6.45) is 4.17. The van der Waals surface area contributed by atoms with Crippen LogP contribution in [0.2, 0.25) is 0 Å². The van der Waals surface area contributed by atoms with E-state index in [2.05, 4.69) is 9.88 Å². The molecule has 142 valence electrons. The number of pyridine rings is 1. The molecule has 2 heterocycles. The third kappa shape index (κ3) is 4.89. The number of nitrogens with zero attached hydrogens (tertiary/aromatic N) is 4. The molecule has 7 heteroatoms. The highest BCUT2D eigenvalue weighted by Gasteiger charge is 2.27. The minimum atomic E-state index is -0.397. The second-order valence-electron chi connectivity index (χ2n) is 6.88. The molecule has 3 rings (SSSR count). The maximum Gasteiger partial charge on any atom is 0.269 e. The molecule has 7 nitrogen and oxygen atoms in total. The molecule has 1 fully saturated rings. The second-order valence-corrected chi connectivity index (χ2v) is 6.88. The van der Waals surface area contributed by atoms with Crippen molar-refractivity contribution in [2.24, 2.45) is 0 Å². The fourth-order valence-corrected chi connectivity index (χ4v) is 3.46. The van der Waals surface area contributed by atoms with E-state index >= 15 is 0 Å². The number of nitro benzene ring substituents is 1. The van der Waals surface area contributed by atoms with E-state index in [0.717, 1.165) is 31.5 Å². The maximum absolute atomic E-state index is 12.9. The number of carbonyl (C=O) groups is 1. The number of hydrogen-bond acceptors (Lipinski definition) is 5. The largest absolute Gasteiger partial charge is 0.337 e. The molecule has 0 unspecified atom stereocenters. The van der Waals surface area contributed by atoms with Crippen LogP contribution in [0.15, 0.2) is 48.7 Å². The van der Waals surface area contributed by atoms with Gasteiger partial charge in [0, 0.05) is 37.6 Å². The van der Waals surface area contributed by atoms with Crippen LogP contribution in [0.4, 0.5) is 5.69 Å².